The van der Waals surface area contributed by atoms with E-state index in [2.05, 4.69) is 15.0 Å². The zero-order valence-electron chi connectivity index (χ0n) is 14.1. The van der Waals surface area contributed by atoms with Gasteiger partial charge < -0.3 is 14.0 Å². The molecule has 0 atom stereocenters. The summed E-state index contributed by atoms with van der Waals surface area (Å²) in [6, 6.07) is 15.2. The van der Waals surface area contributed by atoms with Crippen molar-refractivity contribution in [1.29, 1.82) is 0 Å². The molecule has 0 saturated heterocycles. The molecule has 7 heteroatoms. The van der Waals surface area contributed by atoms with Crippen LogP contribution < -0.4 is 9.47 Å². The smallest absolute Gasteiger partial charge is 0.240 e. The molecule has 1 aliphatic rings. The number of hydrogen-bond acceptors (Lipinski definition) is 6. The Kier molecular flexibility index (Phi) is 5.04. The third kappa shape index (κ3) is 4.15. The second-order valence-electron chi connectivity index (χ2n) is 6.02. The summed E-state index contributed by atoms with van der Waals surface area (Å²) in [7, 11) is 0. The minimum absolute atomic E-state index is 0.273. The van der Waals surface area contributed by atoms with Gasteiger partial charge in [0.15, 0.2) is 6.61 Å². The molecule has 6 nitrogen and oxygen atoms in total. The second kappa shape index (κ2) is 7.76. The third-order valence-electron chi connectivity index (χ3n) is 4.06. The predicted molar refractivity (Wildman–Crippen MR) is 96.1 cm³/mol. The molecule has 0 spiro atoms. The van der Waals surface area contributed by atoms with Crippen LogP contribution in [-0.4, -0.2) is 28.2 Å². The first-order valence-electron chi connectivity index (χ1n) is 8.39. The molecule has 2 aromatic carbocycles. The van der Waals surface area contributed by atoms with Gasteiger partial charge in [0.05, 0.1) is 6.54 Å². The van der Waals surface area contributed by atoms with Gasteiger partial charge >= 0.3 is 0 Å². The average Bonchev–Trinajstić information content (AvgIpc) is 3.00. The van der Waals surface area contributed by atoms with Crippen molar-refractivity contribution in [2.75, 3.05) is 13.2 Å². The molecule has 134 valence electrons. The number of hydrogen-bond donors (Lipinski definition) is 0. The molecule has 3 aromatic rings. The standard InChI is InChI=1S/C19H18ClN3O3/c20-15-6-7-17-14(10-15)11-23(8-9-24-17)12-19-21-18(22-26-19)13-25-16-4-2-1-3-5-16/h1-7,10H,8-9,11-13H2. The first-order chi connectivity index (χ1) is 12.8. The quantitative estimate of drug-likeness (QED) is 0.681. The summed E-state index contributed by atoms with van der Waals surface area (Å²) in [5.41, 5.74) is 1.06. The normalized spacial score (nSPS) is 14.3. The Labute approximate surface area is 156 Å². The van der Waals surface area contributed by atoms with Crippen LogP contribution in [0.5, 0.6) is 11.5 Å². The monoisotopic (exact) mass is 371 g/mol. The number of para-hydroxylation sites is 1. The van der Waals surface area contributed by atoms with E-state index in [-0.39, 0.29) is 6.61 Å². The van der Waals surface area contributed by atoms with Crippen LogP contribution in [0.1, 0.15) is 17.3 Å². The van der Waals surface area contributed by atoms with Crippen molar-refractivity contribution in [3.8, 4) is 11.5 Å². The van der Waals surface area contributed by atoms with Crippen molar-refractivity contribution in [3.63, 3.8) is 0 Å². The SMILES string of the molecule is Clc1ccc2c(c1)CN(Cc1nc(COc3ccccc3)no1)CCO2. The molecule has 0 unspecified atom stereocenters. The summed E-state index contributed by atoms with van der Waals surface area (Å²) in [5, 5.41) is 4.69. The molecule has 2 heterocycles. The zero-order chi connectivity index (χ0) is 17.8. The summed E-state index contributed by atoms with van der Waals surface area (Å²) in [4.78, 5) is 6.60. The fourth-order valence-corrected chi connectivity index (χ4v) is 3.02. The van der Waals surface area contributed by atoms with E-state index in [0.717, 1.165) is 23.6 Å². The van der Waals surface area contributed by atoms with Crippen LogP contribution >= 0.6 is 11.6 Å². The van der Waals surface area contributed by atoms with Gasteiger partial charge in [0.1, 0.15) is 18.1 Å². The summed E-state index contributed by atoms with van der Waals surface area (Å²) in [5.74, 6) is 2.73. The van der Waals surface area contributed by atoms with Gasteiger partial charge in [-0.1, -0.05) is 35.0 Å². The number of nitrogens with zero attached hydrogens (tertiary/aromatic N) is 3. The van der Waals surface area contributed by atoms with Crippen LogP contribution in [0.3, 0.4) is 0 Å². The average molecular weight is 372 g/mol. The fourth-order valence-electron chi connectivity index (χ4n) is 2.82. The van der Waals surface area contributed by atoms with Crippen LogP contribution in [0.2, 0.25) is 5.02 Å². The predicted octanol–water partition coefficient (Wildman–Crippen LogP) is 3.70. The minimum Gasteiger partial charge on any atom is -0.492 e. The van der Waals surface area contributed by atoms with Crippen LogP contribution in [0.4, 0.5) is 0 Å². The van der Waals surface area contributed by atoms with Crippen LogP contribution in [0.15, 0.2) is 53.1 Å². The maximum Gasteiger partial charge on any atom is 0.240 e. The van der Waals surface area contributed by atoms with Crippen LogP contribution in [0.25, 0.3) is 0 Å². The lowest BCUT2D eigenvalue weighted by molar-refractivity contribution is 0.196. The van der Waals surface area contributed by atoms with E-state index in [1.165, 1.54) is 0 Å². The third-order valence-corrected chi connectivity index (χ3v) is 4.30. The summed E-state index contributed by atoms with van der Waals surface area (Å²) >= 11 is 6.10. The maximum absolute atomic E-state index is 6.10. The molecule has 0 N–H and O–H groups in total. The number of aromatic nitrogens is 2. The number of rotatable bonds is 5. The van der Waals surface area contributed by atoms with E-state index in [1.807, 2.05) is 48.5 Å². The molecule has 4 rings (SSSR count). The number of halogens is 1. The molecular weight excluding hydrogens is 354 g/mol. The Morgan fingerprint density at radius 1 is 1.15 bits per heavy atom. The Hall–Kier alpha value is -2.57. The molecule has 1 aliphatic heterocycles. The van der Waals surface area contributed by atoms with Gasteiger partial charge in [-0.25, -0.2) is 0 Å². The van der Waals surface area contributed by atoms with E-state index < -0.39 is 0 Å². The first-order valence-corrected chi connectivity index (χ1v) is 8.77. The van der Waals surface area contributed by atoms with Crippen LogP contribution in [-0.2, 0) is 19.7 Å². The topological polar surface area (TPSA) is 60.6 Å². The molecular formula is C19H18ClN3O3. The first kappa shape index (κ1) is 16.9. The van der Waals surface area contributed by atoms with E-state index in [0.29, 0.717) is 36.4 Å². The van der Waals surface area contributed by atoms with E-state index >= 15 is 0 Å². The summed E-state index contributed by atoms with van der Waals surface area (Å²) in [6.45, 7) is 2.91. The van der Waals surface area contributed by atoms with Crippen molar-refractivity contribution in [3.05, 3.63) is 70.8 Å². The molecule has 0 amide bonds. The maximum atomic E-state index is 6.10. The lowest BCUT2D eigenvalue weighted by atomic mass is 10.2. The Balaban J connectivity index is 1.38. The van der Waals surface area contributed by atoms with Gasteiger partial charge in [0.2, 0.25) is 11.7 Å². The van der Waals surface area contributed by atoms with Crippen LogP contribution in [0, 0.1) is 0 Å². The lowest BCUT2D eigenvalue weighted by Crippen LogP contribution is -2.25. The van der Waals surface area contributed by atoms with Gasteiger partial charge in [-0.05, 0) is 30.3 Å². The summed E-state index contributed by atoms with van der Waals surface area (Å²) < 4.78 is 16.8. The lowest BCUT2D eigenvalue weighted by Gasteiger charge is -2.16. The highest BCUT2D eigenvalue weighted by atomic mass is 35.5. The van der Waals surface area contributed by atoms with Crippen molar-refractivity contribution in [2.45, 2.75) is 19.7 Å². The molecule has 0 fully saturated rings. The number of ether oxygens (including phenoxy) is 2. The molecule has 0 saturated carbocycles. The molecule has 0 bridgehead atoms. The van der Waals surface area contributed by atoms with Gasteiger partial charge in [0, 0.05) is 23.7 Å². The van der Waals surface area contributed by atoms with Crippen molar-refractivity contribution < 1.29 is 14.0 Å². The van der Waals surface area contributed by atoms with Gasteiger partial charge in [-0.2, -0.15) is 4.98 Å². The highest BCUT2D eigenvalue weighted by Crippen LogP contribution is 2.26. The zero-order valence-corrected chi connectivity index (χ0v) is 14.9. The number of fused-ring (bicyclic) bond motifs is 1. The largest absolute Gasteiger partial charge is 0.492 e. The highest BCUT2D eigenvalue weighted by Gasteiger charge is 2.18. The highest BCUT2D eigenvalue weighted by molar-refractivity contribution is 6.30. The van der Waals surface area contributed by atoms with Gasteiger partial charge in [-0.3, -0.25) is 4.90 Å². The van der Waals surface area contributed by atoms with E-state index in [1.54, 1.807) is 0 Å². The van der Waals surface area contributed by atoms with Crippen molar-refractivity contribution in [1.82, 2.24) is 15.0 Å². The van der Waals surface area contributed by atoms with E-state index in [9.17, 15) is 0 Å². The molecule has 0 radical (unpaired) electrons. The number of benzene rings is 2. The Morgan fingerprint density at radius 3 is 2.92 bits per heavy atom. The molecule has 26 heavy (non-hydrogen) atoms. The van der Waals surface area contributed by atoms with E-state index in [4.69, 9.17) is 25.6 Å². The molecule has 0 aliphatic carbocycles. The van der Waals surface area contributed by atoms with Gasteiger partial charge in [0.25, 0.3) is 0 Å². The van der Waals surface area contributed by atoms with Crippen molar-refractivity contribution >= 4 is 11.6 Å². The summed E-state index contributed by atoms with van der Waals surface area (Å²) in [6.07, 6.45) is 0. The Bertz CT molecular complexity index is 869. The molecule has 1 aromatic heterocycles. The van der Waals surface area contributed by atoms with Crippen molar-refractivity contribution in [2.24, 2.45) is 0 Å². The Morgan fingerprint density at radius 2 is 2.04 bits per heavy atom. The van der Waals surface area contributed by atoms with Gasteiger partial charge in [-0.15, -0.1) is 0 Å². The fraction of sp³-hybridized carbons (Fsp3) is 0.263. The second-order valence-corrected chi connectivity index (χ2v) is 6.45. The minimum atomic E-state index is 0.273.